The maximum atomic E-state index is 13.8. The number of anilines is 1. The molecule has 1 aliphatic rings. The zero-order valence-electron chi connectivity index (χ0n) is 19.1. The highest BCUT2D eigenvalue weighted by atomic mass is 35.5. The molecule has 176 valence electrons. The van der Waals surface area contributed by atoms with Gasteiger partial charge in [0.2, 0.25) is 0 Å². The van der Waals surface area contributed by atoms with Gasteiger partial charge in [-0.3, -0.25) is 14.7 Å². The Kier molecular flexibility index (Phi) is 6.09. The molecule has 3 aromatic carbocycles. The highest BCUT2D eigenvalue weighted by Gasteiger charge is 2.43. The van der Waals surface area contributed by atoms with E-state index >= 15 is 0 Å². The molecular formula is C27H22Cl2N4O2. The van der Waals surface area contributed by atoms with E-state index in [-0.39, 0.29) is 11.5 Å². The van der Waals surface area contributed by atoms with Gasteiger partial charge in [-0.05, 0) is 67.9 Å². The minimum Gasteiger partial charge on any atom is -0.295 e. The Morgan fingerprint density at radius 3 is 2.00 bits per heavy atom. The number of hydrazone groups is 1. The fourth-order valence-electron chi connectivity index (χ4n) is 4.61. The summed E-state index contributed by atoms with van der Waals surface area (Å²) in [7, 11) is 0. The predicted molar refractivity (Wildman–Crippen MR) is 140 cm³/mol. The Morgan fingerprint density at radius 2 is 1.40 bits per heavy atom. The number of nitrogens with zero attached hydrogens (tertiary/aromatic N) is 3. The largest absolute Gasteiger partial charge is 0.295 e. The summed E-state index contributed by atoms with van der Waals surface area (Å²) < 4.78 is 1.49. The van der Waals surface area contributed by atoms with E-state index in [0.717, 1.165) is 5.56 Å². The number of hydrogen-bond acceptors (Lipinski definition) is 3. The van der Waals surface area contributed by atoms with Crippen molar-refractivity contribution in [3.05, 3.63) is 116 Å². The lowest BCUT2D eigenvalue weighted by Crippen LogP contribution is -2.34. The summed E-state index contributed by atoms with van der Waals surface area (Å²) in [5.41, 5.74) is 3.77. The molecule has 0 unspecified atom stereocenters. The number of carbonyl (C=O) groups is 1. The molecule has 1 aliphatic heterocycles. The first kappa shape index (κ1) is 23.1. The molecule has 2 atom stereocenters. The monoisotopic (exact) mass is 504 g/mol. The molecule has 0 aliphatic carbocycles. The summed E-state index contributed by atoms with van der Waals surface area (Å²) in [4.78, 5) is 27.5. The Bertz CT molecular complexity index is 1470. The van der Waals surface area contributed by atoms with Gasteiger partial charge in [-0.1, -0.05) is 53.5 Å². The van der Waals surface area contributed by atoms with E-state index in [9.17, 15) is 9.59 Å². The highest BCUT2D eigenvalue weighted by Crippen LogP contribution is 2.38. The predicted octanol–water partition coefficient (Wildman–Crippen LogP) is 5.95. The van der Waals surface area contributed by atoms with Crippen molar-refractivity contribution in [1.82, 2.24) is 9.78 Å². The van der Waals surface area contributed by atoms with Crippen LogP contribution in [0.5, 0.6) is 0 Å². The van der Waals surface area contributed by atoms with Gasteiger partial charge in [0.25, 0.3) is 11.5 Å². The molecule has 1 N–H and O–H groups in total. The van der Waals surface area contributed by atoms with E-state index in [0.29, 0.717) is 38.4 Å². The Balaban J connectivity index is 1.63. The second kappa shape index (κ2) is 9.21. The van der Waals surface area contributed by atoms with Crippen molar-refractivity contribution < 1.29 is 4.79 Å². The Hall–Kier alpha value is -3.61. The van der Waals surface area contributed by atoms with Crippen molar-refractivity contribution in [3.63, 3.8) is 0 Å². The summed E-state index contributed by atoms with van der Waals surface area (Å²) in [6.45, 7) is 3.68. The third-order valence-corrected chi connectivity index (χ3v) is 6.76. The summed E-state index contributed by atoms with van der Waals surface area (Å²) >= 11 is 12.1. The highest BCUT2D eigenvalue weighted by molar-refractivity contribution is 6.31. The van der Waals surface area contributed by atoms with Crippen LogP contribution in [0.25, 0.3) is 5.69 Å². The molecule has 0 bridgehead atoms. The maximum absolute atomic E-state index is 13.8. The lowest BCUT2D eigenvalue weighted by atomic mass is 9.78. The summed E-state index contributed by atoms with van der Waals surface area (Å²) in [5, 5.41) is 10.3. The Labute approximate surface area is 212 Å². The number of H-pyrrole nitrogens is 1. The van der Waals surface area contributed by atoms with Crippen molar-refractivity contribution >= 4 is 40.5 Å². The zero-order chi connectivity index (χ0) is 24.7. The number of amides is 1. The van der Waals surface area contributed by atoms with Crippen LogP contribution in [0.4, 0.5) is 5.69 Å². The third-order valence-electron chi connectivity index (χ3n) is 6.26. The SMILES string of the molecule is CC1=NN(c2ccc(Cl)cc2)C(=O)[C@@H]1[C@H](c1ccccc1)c1c(C)[nH]n(-c2ccc(Cl)cc2)c1=O. The van der Waals surface area contributed by atoms with Crippen molar-refractivity contribution in [2.75, 3.05) is 5.01 Å². The molecule has 2 heterocycles. The minimum atomic E-state index is -0.644. The molecular weight excluding hydrogens is 483 g/mol. The molecule has 0 saturated carbocycles. The standard InChI is InChI=1S/C27H22Cl2N4O2/c1-16-23(26(34)32(30-16)21-12-8-19(28)9-13-21)25(18-6-4-3-5-7-18)24-17(2)31-33(27(24)35)22-14-10-20(29)11-15-22/h3-15,23,25,31H,1-2H3/t23-,25-/m0/s1. The van der Waals surface area contributed by atoms with Gasteiger partial charge in [0, 0.05) is 32.9 Å². The second-order valence-electron chi connectivity index (χ2n) is 8.50. The lowest BCUT2D eigenvalue weighted by molar-refractivity contribution is -0.120. The molecule has 0 radical (unpaired) electrons. The number of halogens is 2. The number of benzene rings is 3. The molecule has 0 spiro atoms. The topological polar surface area (TPSA) is 70.5 Å². The van der Waals surface area contributed by atoms with Gasteiger partial charge < -0.3 is 0 Å². The summed E-state index contributed by atoms with van der Waals surface area (Å²) in [6, 6.07) is 23.6. The number of aromatic amines is 1. The zero-order valence-corrected chi connectivity index (χ0v) is 20.6. The van der Waals surface area contributed by atoms with E-state index in [1.165, 1.54) is 9.69 Å². The molecule has 1 aromatic heterocycles. The van der Waals surface area contributed by atoms with Crippen molar-refractivity contribution in [3.8, 4) is 5.69 Å². The van der Waals surface area contributed by atoms with Gasteiger partial charge in [0.15, 0.2) is 0 Å². The van der Waals surface area contributed by atoms with Gasteiger partial charge in [0.05, 0.1) is 17.3 Å². The Morgan fingerprint density at radius 1 is 0.829 bits per heavy atom. The van der Waals surface area contributed by atoms with Crippen LogP contribution in [-0.4, -0.2) is 21.4 Å². The normalized spacial score (nSPS) is 16.5. The van der Waals surface area contributed by atoms with Gasteiger partial charge in [-0.15, -0.1) is 0 Å². The third kappa shape index (κ3) is 4.20. The summed E-state index contributed by atoms with van der Waals surface area (Å²) in [5.74, 6) is -1.37. The molecule has 4 aromatic rings. The molecule has 0 saturated heterocycles. The van der Waals surface area contributed by atoms with Crippen LogP contribution < -0.4 is 10.6 Å². The summed E-state index contributed by atoms with van der Waals surface area (Å²) in [6.07, 6.45) is 0. The maximum Gasteiger partial charge on any atom is 0.275 e. The number of hydrogen-bond donors (Lipinski definition) is 1. The van der Waals surface area contributed by atoms with E-state index in [4.69, 9.17) is 23.2 Å². The average molecular weight is 505 g/mol. The fraction of sp³-hybridized carbons (Fsp3) is 0.148. The number of rotatable bonds is 5. The molecule has 6 nitrogen and oxygen atoms in total. The smallest absolute Gasteiger partial charge is 0.275 e. The number of nitrogens with one attached hydrogen (secondary N) is 1. The fourth-order valence-corrected chi connectivity index (χ4v) is 4.87. The molecule has 35 heavy (non-hydrogen) atoms. The van der Waals surface area contributed by atoms with Crippen LogP contribution >= 0.6 is 23.2 Å². The molecule has 8 heteroatoms. The molecule has 5 rings (SSSR count). The van der Waals surface area contributed by atoms with Gasteiger partial charge in [-0.25, -0.2) is 9.69 Å². The number of carbonyl (C=O) groups excluding carboxylic acids is 1. The van der Waals surface area contributed by atoms with Crippen molar-refractivity contribution in [2.24, 2.45) is 11.0 Å². The molecule has 0 fully saturated rings. The van der Waals surface area contributed by atoms with E-state index in [1.807, 2.05) is 44.2 Å². The van der Waals surface area contributed by atoms with Gasteiger partial charge in [-0.2, -0.15) is 5.10 Å². The van der Waals surface area contributed by atoms with Crippen LogP contribution in [0.15, 0.2) is 88.8 Å². The lowest BCUT2D eigenvalue weighted by Gasteiger charge is -2.23. The first-order valence-corrected chi connectivity index (χ1v) is 11.9. The van der Waals surface area contributed by atoms with Gasteiger partial charge >= 0.3 is 0 Å². The number of aromatic nitrogens is 2. The van der Waals surface area contributed by atoms with Crippen molar-refractivity contribution in [2.45, 2.75) is 19.8 Å². The van der Waals surface area contributed by atoms with E-state index < -0.39 is 11.8 Å². The van der Waals surface area contributed by atoms with E-state index in [1.54, 1.807) is 48.5 Å². The first-order chi connectivity index (χ1) is 16.8. The van der Waals surface area contributed by atoms with Crippen molar-refractivity contribution in [1.29, 1.82) is 0 Å². The minimum absolute atomic E-state index is 0.197. The first-order valence-electron chi connectivity index (χ1n) is 11.1. The van der Waals surface area contributed by atoms with Crippen LogP contribution in [0.1, 0.15) is 29.7 Å². The van der Waals surface area contributed by atoms with E-state index in [2.05, 4.69) is 10.2 Å². The van der Waals surface area contributed by atoms with Crippen LogP contribution in [0.3, 0.4) is 0 Å². The second-order valence-corrected chi connectivity index (χ2v) is 9.37. The quantitative estimate of drug-likeness (QED) is 0.364. The average Bonchev–Trinajstić information content (AvgIpc) is 3.31. The van der Waals surface area contributed by atoms with Crippen LogP contribution in [-0.2, 0) is 4.79 Å². The van der Waals surface area contributed by atoms with Crippen LogP contribution in [0.2, 0.25) is 10.0 Å². The van der Waals surface area contributed by atoms with Gasteiger partial charge in [0.1, 0.15) is 0 Å². The molecule has 1 amide bonds. The van der Waals surface area contributed by atoms with Crippen LogP contribution in [0, 0.1) is 12.8 Å². The number of aryl methyl sites for hydroxylation is 1.